The summed E-state index contributed by atoms with van der Waals surface area (Å²) in [6, 6.07) is 9.60. The van der Waals surface area contributed by atoms with Gasteiger partial charge in [-0.2, -0.15) is 0 Å². The fourth-order valence-corrected chi connectivity index (χ4v) is 2.38. The molecule has 100 valence electrons. The molecule has 0 bridgehead atoms. The highest BCUT2D eigenvalue weighted by Gasteiger charge is 2.11. The number of fused-ring (bicyclic) bond motifs is 1. The van der Waals surface area contributed by atoms with Crippen molar-refractivity contribution >= 4 is 16.9 Å². The Hall–Kier alpha value is -2.62. The SMILES string of the molecule is Cc1ccc2c(-c3ccc(C(=O)O)cn3)cn(C)c2c1. The summed E-state index contributed by atoms with van der Waals surface area (Å²) in [5.74, 6) is -0.961. The lowest BCUT2D eigenvalue weighted by Crippen LogP contribution is -1.96. The monoisotopic (exact) mass is 266 g/mol. The largest absolute Gasteiger partial charge is 0.478 e. The van der Waals surface area contributed by atoms with Crippen LogP contribution in [0, 0.1) is 6.92 Å². The van der Waals surface area contributed by atoms with E-state index in [0.717, 1.165) is 22.2 Å². The van der Waals surface area contributed by atoms with Crippen LogP contribution < -0.4 is 0 Å². The van der Waals surface area contributed by atoms with E-state index in [-0.39, 0.29) is 5.56 Å². The first-order chi connectivity index (χ1) is 9.56. The van der Waals surface area contributed by atoms with E-state index in [2.05, 4.69) is 34.7 Å². The van der Waals surface area contributed by atoms with Gasteiger partial charge in [0.25, 0.3) is 0 Å². The summed E-state index contributed by atoms with van der Waals surface area (Å²) in [6.07, 6.45) is 3.41. The smallest absolute Gasteiger partial charge is 0.337 e. The Morgan fingerprint density at radius 2 is 2.05 bits per heavy atom. The first kappa shape index (κ1) is 12.4. The van der Waals surface area contributed by atoms with Crippen molar-refractivity contribution in [2.75, 3.05) is 0 Å². The zero-order chi connectivity index (χ0) is 14.3. The van der Waals surface area contributed by atoms with Crippen LogP contribution >= 0.6 is 0 Å². The van der Waals surface area contributed by atoms with Gasteiger partial charge in [-0.3, -0.25) is 4.98 Å². The summed E-state index contributed by atoms with van der Waals surface area (Å²) in [6.45, 7) is 2.06. The normalized spacial score (nSPS) is 10.9. The number of nitrogens with zero attached hydrogens (tertiary/aromatic N) is 2. The topological polar surface area (TPSA) is 55.1 Å². The molecule has 0 aliphatic heterocycles. The third kappa shape index (κ3) is 1.95. The number of aromatic nitrogens is 2. The second-order valence-corrected chi connectivity index (χ2v) is 4.91. The van der Waals surface area contributed by atoms with Gasteiger partial charge in [0.2, 0.25) is 0 Å². The molecule has 2 heterocycles. The Balaban J connectivity index is 2.17. The van der Waals surface area contributed by atoms with Gasteiger partial charge in [-0.25, -0.2) is 4.79 Å². The standard InChI is InChI=1S/C16H14N2O2/c1-10-3-5-12-13(9-18(2)15(12)7-10)14-6-4-11(8-17-14)16(19)20/h3-9H,1-2H3,(H,19,20). The van der Waals surface area contributed by atoms with Gasteiger partial charge >= 0.3 is 5.97 Å². The van der Waals surface area contributed by atoms with Crippen LogP contribution in [0.5, 0.6) is 0 Å². The highest BCUT2D eigenvalue weighted by Crippen LogP contribution is 2.29. The number of rotatable bonds is 2. The molecule has 1 N–H and O–H groups in total. The minimum absolute atomic E-state index is 0.199. The molecule has 0 saturated heterocycles. The Morgan fingerprint density at radius 1 is 1.25 bits per heavy atom. The van der Waals surface area contributed by atoms with Gasteiger partial charge in [0.15, 0.2) is 0 Å². The number of carboxylic acid groups (broad SMARTS) is 1. The molecule has 4 heteroatoms. The van der Waals surface area contributed by atoms with Gasteiger partial charge in [-0.1, -0.05) is 12.1 Å². The van der Waals surface area contributed by atoms with E-state index < -0.39 is 5.97 Å². The number of carbonyl (C=O) groups is 1. The lowest BCUT2D eigenvalue weighted by atomic mass is 10.1. The van der Waals surface area contributed by atoms with Crippen molar-refractivity contribution in [2.45, 2.75) is 6.92 Å². The minimum atomic E-state index is -0.961. The summed E-state index contributed by atoms with van der Waals surface area (Å²) in [5.41, 5.74) is 4.34. The minimum Gasteiger partial charge on any atom is -0.478 e. The zero-order valence-electron chi connectivity index (χ0n) is 11.3. The second kappa shape index (κ2) is 4.49. The Bertz CT molecular complexity index is 801. The van der Waals surface area contributed by atoms with Crippen molar-refractivity contribution in [3.05, 3.63) is 53.9 Å². The molecule has 0 atom stereocenters. The molecule has 0 aliphatic carbocycles. The summed E-state index contributed by atoms with van der Waals surface area (Å²) in [5, 5.41) is 10.0. The van der Waals surface area contributed by atoms with E-state index >= 15 is 0 Å². The van der Waals surface area contributed by atoms with E-state index in [1.54, 1.807) is 12.1 Å². The molecule has 4 nitrogen and oxygen atoms in total. The average molecular weight is 266 g/mol. The van der Waals surface area contributed by atoms with Crippen LogP contribution in [0.3, 0.4) is 0 Å². The average Bonchev–Trinajstić information content (AvgIpc) is 2.76. The Labute approximate surface area is 116 Å². The molecule has 0 radical (unpaired) electrons. The molecule has 20 heavy (non-hydrogen) atoms. The van der Waals surface area contributed by atoms with Crippen molar-refractivity contribution in [3.8, 4) is 11.3 Å². The molecule has 2 aromatic heterocycles. The Morgan fingerprint density at radius 3 is 2.70 bits per heavy atom. The maximum Gasteiger partial charge on any atom is 0.337 e. The van der Waals surface area contributed by atoms with Gasteiger partial charge < -0.3 is 9.67 Å². The summed E-state index contributed by atoms with van der Waals surface area (Å²) >= 11 is 0. The van der Waals surface area contributed by atoms with Gasteiger partial charge in [-0.05, 0) is 30.7 Å². The fourth-order valence-electron chi connectivity index (χ4n) is 2.38. The maximum absolute atomic E-state index is 10.9. The van der Waals surface area contributed by atoms with Crippen molar-refractivity contribution in [1.82, 2.24) is 9.55 Å². The van der Waals surface area contributed by atoms with Gasteiger partial charge in [0, 0.05) is 35.9 Å². The molecule has 3 rings (SSSR count). The summed E-state index contributed by atoms with van der Waals surface area (Å²) < 4.78 is 2.06. The third-order valence-corrected chi connectivity index (χ3v) is 3.43. The van der Waals surface area contributed by atoms with E-state index in [0.29, 0.717) is 0 Å². The lowest BCUT2D eigenvalue weighted by Gasteiger charge is -2.00. The summed E-state index contributed by atoms with van der Waals surface area (Å²) in [4.78, 5) is 15.1. The molecule has 0 saturated carbocycles. The number of hydrogen-bond donors (Lipinski definition) is 1. The number of aryl methyl sites for hydroxylation is 2. The molecule has 3 aromatic rings. The van der Waals surface area contributed by atoms with Crippen molar-refractivity contribution in [2.24, 2.45) is 7.05 Å². The van der Waals surface area contributed by atoms with Crippen LogP contribution in [0.1, 0.15) is 15.9 Å². The van der Waals surface area contributed by atoms with Crippen molar-refractivity contribution in [1.29, 1.82) is 0 Å². The molecule has 0 amide bonds. The van der Waals surface area contributed by atoms with E-state index in [1.165, 1.54) is 11.8 Å². The number of aromatic carboxylic acids is 1. The van der Waals surface area contributed by atoms with Crippen LogP contribution in [0.25, 0.3) is 22.2 Å². The van der Waals surface area contributed by atoms with Crippen LogP contribution in [-0.2, 0) is 7.05 Å². The fraction of sp³-hybridized carbons (Fsp3) is 0.125. The number of pyridine rings is 1. The Kier molecular flexibility index (Phi) is 2.79. The summed E-state index contributed by atoms with van der Waals surface area (Å²) in [7, 11) is 2.00. The molecule has 0 unspecified atom stereocenters. The number of carboxylic acids is 1. The number of benzene rings is 1. The molecule has 1 aromatic carbocycles. The molecular weight excluding hydrogens is 252 g/mol. The molecule has 0 aliphatic rings. The highest BCUT2D eigenvalue weighted by molar-refractivity contribution is 5.96. The van der Waals surface area contributed by atoms with Gasteiger partial charge in [0.1, 0.15) is 0 Å². The first-order valence-corrected chi connectivity index (χ1v) is 6.31. The predicted molar refractivity (Wildman–Crippen MR) is 77.8 cm³/mol. The predicted octanol–water partition coefficient (Wildman–Crippen LogP) is 3.25. The number of hydrogen-bond acceptors (Lipinski definition) is 2. The molecule has 0 fully saturated rings. The van der Waals surface area contributed by atoms with E-state index in [4.69, 9.17) is 5.11 Å². The van der Waals surface area contributed by atoms with E-state index in [1.807, 2.05) is 13.2 Å². The molecular formula is C16H14N2O2. The molecule has 0 spiro atoms. The second-order valence-electron chi connectivity index (χ2n) is 4.91. The van der Waals surface area contributed by atoms with Crippen LogP contribution in [-0.4, -0.2) is 20.6 Å². The quantitative estimate of drug-likeness (QED) is 0.774. The lowest BCUT2D eigenvalue weighted by molar-refractivity contribution is 0.0696. The zero-order valence-corrected chi connectivity index (χ0v) is 11.3. The van der Waals surface area contributed by atoms with E-state index in [9.17, 15) is 4.79 Å². The van der Waals surface area contributed by atoms with Gasteiger partial charge in [-0.15, -0.1) is 0 Å². The first-order valence-electron chi connectivity index (χ1n) is 6.31. The van der Waals surface area contributed by atoms with Crippen LogP contribution in [0.4, 0.5) is 0 Å². The third-order valence-electron chi connectivity index (χ3n) is 3.43. The van der Waals surface area contributed by atoms with Crippen molar-refractivity contribution in [3.63, 3.8) is 0 Å². The van der Waals surface area contributed by atoms with Crippen molar-refractivity contribution < 1.29 is 9.90 Å². The van der Waals surface area contributed by atoms with Crippen LogP contribution in [0.15, 0.2) is 42.7 Å². The van der Waals surface area contributed by atoms with Gasteiger partial charge in [0.05, 0.1) is 11.3 Å². The maximum atomic E-state index is 10.9. The highest BCUT2D eigenvalue weighted by atomic mass is 16.4. The van der Waals surface area contributed by atoms with Crippen LogP contribution in [0.2, 0.25) is 0 Å².